The van der Waals surface area contributed by atoms with Crippen LogP contribution < -0.4 is 10.1 Å². The number of hydrogen-bond donors (Lipinski definition) is 2. The lowest BCUT2D eigenvalue weighted by Gasteiger charge is -2.25. The minimum Gasteiger partial charge on any atom is -0.494 e. The summed E-state index contributed by atoms with van der Waals surface area (Å²) in [7, 11) is 0. The molecule has 0 fully saturated rings. The molecule has 39 heavy (non-hydrogen) atoms. The van der Waals surface area contributed by atoms with Crippen molar-refractivity contribution in [2.45, 2.75) is 63.9 Å². The monoisotopic (exact) mass is 550 g/mol. The number of aliphatic hydroxyl groups excluding tert-OH is 1. The first kappa shape index (κ1) is 29.9. The van der Waals surface area contributed by atoms with E-state index in [1.54, 1.807) is 45.0 Å². The molecule has 2 aromatic rings. The maximum atomic E-state index is 13.4. The minimum absolute atomic E-state index is 0.0119. The third-order valence-corrected chi connectivity index (χ3v) is 5.78. The van der Waals surface area contributed by atoms with E-state index in [0.29, 0.717) is 24.3 Å². The first-order chi connectivity index (χ1) is 18.3. The van der Waals surface area contributed by atoms with Crippen molar-refractivity contribution in [3.8, 4) is 5.75 Å². The highest BCUT2D eigenvalue weighted by molar-refractivity contribution is 6.00. The fourth-order valence-electron chi connectivity index (χ4n) is 3.89. The average Bonchev–Trinajstić information content (AvgIpc) is 3.31. The molecule has 0 aromatic heterocycles. The molecule has 0 spiro atoms. The number of alkyl halides is 3. The van der Waals surface area contributed by atoms with Crippen LogP contribution in [0.4, 0.5) is 13.2 Å². The van der Waals surface area contributed by atoms with Crippen LogP contribution in [0.3, 0.4) is 0 Å². The molecular weight excluding hydrogens is 517 g/mol. The van der Waals surface area contributed by atoms with Gasteiger partial charge in [0.25, 0.3) is 5.91 Å². The molecule has 3 rings (SSSR count). The maximum absolute atomic E-state index is 13.4. The van der Waals surface area contributed by atoms with Crippen LogP contribution in [0.1, 0.15) is 56.7 Å². The molecule has 1 amide bonds. The molecule has 2 N–H and O–H groups in total. The SMILES string of the molecule is CC(C)(C)OC(=O)CC[C@]1(C(=O)NCc2ccccc2C(F)(F)F)COC(c2ccc(OCCCO)cc2)=N1. The quantitative estimate of drug-likeness (QED) is 0.317. The molecule has 2 aromatic carbocycles. The highest BCUT2D eigenvalue weighted by Gasteiger charge is 2.45. The van der Waals surface area contributed by atoms with Gasteiger partial charge in [-0.3, -0.25) is 9.59 Å². The summed E-state index contributed by atoms with van der Waals surface area (Å²) in [6.07, 6.45) is -4.31. The van der Waals surface area contributed by atoms with Gasteiger partial charge in [-0.1, -0.05) is 18.2 Å². The summed E-state index contributed by atoms with van der Waals surface area (Å²) in [5.41, 5.74) is -2.66. The van der Waals surface area contributed by atoms with Gasteiger partial charge in [0.15, 0.2) is 5.54 Å². The molecule has 11 heteroatoms. The normalized spacial score (nSPS) is 17.3. The van der Waals surface area contributed by atoms with E-state index in [0.717, 1.165) is 6.07 Å². The van der Waals surface area contributed by atoms with Crippen molar-refractivity contribution in [2.24, 2.45) is 4.99 Å². The van der Waals surface area contributed by atoms with Gasteiger partial charge in [-0.25, -0.2) is 4.99 Å². The molecule has 1 atom stereocenters. The third kappa shape index (κ3) is 8.44. The number of aliphatic imine (C=N–C) groups is 1. The Bertz CT molecular complexity index is 1180. The smallest absolute Gasteiger partial charge is 0.416 e. The van der Waals surface area contributed by atoms with Crippen molar-refractivity contribution in [3.05, 3.63) is 65.2 Å². The topological polar surface area (TPSA) is 106 Å². The van der Waals surface area contributed by atoms with Gasteiger partial charge in [-0.2, -0.15) is 13.2 Å². The summed E-state index contributed by atoms with van der Waals surface area (Å²) in [6.45, 7) is 4.93. The van der Waals surface area contributed by atoms with E-state index in [9.17, 15) is 22.8 Å². The zero-order valence-corrected chi connectivity index (χ0v) is 22.1. The third-order valence-electron chi connectivity index (χ3n) is 5.78. The minimum atomic E-state index is -4.58. The van der Waals surface area contributed by atoms with Crippen LogP contribution >= 0.6 is 0 Å². The van der Waals surface area contributed by atoms with E-state index in [1.807, 2.05) is 0 Å². The highest BCUT2D eigenvalue weighted by Crippen LogP contribution is 2.33. The van der Waals surface area contributed by atoms with Crippen LogP contribution in [-0.2, 0) is 31.8 Å². The molecule has 1 heterocycles. The van der Waals surface area contributed by atoms with Crippen molar-refractivity contribution < 1.29 is 42.1 Å². The molecule has 0 unspecified atom stereocenters. The Morgan fingerprint density at radius 1 is 1.10 bits per heavy atom. The summed E-state index contributed by atoms with van der Waals surface area (Å²) in [4.78, 5) is 30.3. The second-order valence-corrected chi connectivity index (χ2v) is 10.1. The Morgan fingerprint density at radius 2 is 1.79 bits per heavy atom. The lowest BCUT2D eigenvalue weighted by molar-refractivity contribution is -0.155. The van der Waals surface area contributed by atoms with Crippen LogP contribution in [0.2, 0.25) is 0 Å². The predicted octanol–water partition coefficient (Wildman–Crippen LogP) is 4.42. The van der Waals surface area contributed by atoms with E-state index >= 15 is 0 Å². The van der Waals surface area contributed by atoms with Gasteiger partial charge in [0.05, 0.1) is 12.2 Å². The summed E-state index contributed by atoms with van der Waals surface area (Å²) >= 11 is 0. The number of nitrogens with zero attached hydrogens (tertiary/aromatic N) is 1. The first-order valence-corrected chi connectivity index (χ1v) is 12.5. The number of aliphatic hydroxyl groups is 1. The highest BCUT2D eigenvalue weighted by atomic mass is 19.4. The number of esters is 1. The van der Waals surface area contributed by atoms with Gasteiger partial charge in [-0.15, -0.1) is 0 Å². The molecule has 1 aliphatic heterocycles. The number of ether oxygens (including phenoxy) is 3. The van der Waals surface area contributed by atoms with Crippen LogP contribution in [0, 0.1) is 0 Å². The fraction of sp³-hybridized carbons (Fsp3) is 0.464. The molecule has 8 nitrogen and oxygen atoms in total. The molecule has 0 saturated heterocycles. The predicted molar refractivity (Wildman–Crippen MR) is 137 cm³/mol. The number of rotatable bonds is 11. The van der Waals surface area contributed by atoms with Gasteiger partial charge in [0.1, 0.15) is 18.0 Å². The van der Waals surface area contributed by atoms with Crippen molar-refractivity contribution in [2.75, 3.05) is 19.8 Å². The molecule has 0 bridgehead atoms. The Balaban J connectivity index is 1.81. The number of carbonyl (C=O) groups is 2. The summed E-state index contributed by atoms with van der Waals surface area (Å²) < 4.78 is 56.9. The maximum Gasteiger partial charge on any atom is 0.416 e. The van der Waals surface area contributed by atoms with E-state index in [4.69, 9.17) is 19.3 Å². The Kier molecular flexibility index (Phi) is 9.60. The van der Waals surface area contributed by atoms with Crippen molar-refractivity contribution in [1.29, 1.82) is 0 Å². The van der Waals surface area contributed by atoms with E-state index in [-0.39, 0.29) is 44.1 Å². The average molecular weight is 551 g/mol. The first-order valence-electron chi connectivity index (χ1n) is 12.5. The summed E-state index contributed by atoms with van der Waals surface area (Å²) in [6, 6.07) is 11.7. The van der Waals surface area contributed by atoms with E-state index in [1.165, 1.54) is 18.2 Å². The van der Waals surface area contributed by atoms with Gasteiger partial charge >= 0.3 is 12.1 Å². The lowest BCUT2D eigenvalue weighted by Crippen LogP contribution is -2.47. The van der Waals surface area contributed by atoms with Gasteiger partial charge in [0, 0.05) is 31.6 Å². The molecule has 0 radical (unpaired) electrons. The van der Waals surface area contributed by atoms with Crippen LogP contribution in [-0.4, -0.2) is 53.8 Å². The zero-order valence-electron chi connectivity index (χ0n) is 22.1. The van der Waals surface area contributed by atoms with E-state index < -0.39 is 34.8 Å². The van der Waals surface area contributed by atoms with Gasteiger partial charge in [0.2, 0.25) is 5.90 Å². The lowest BCUT2D eigenvalue weighted by atomic mass is 9.93. The number of hydrogen-bond acceptors (Lipinski definition) is 7. The number of benzene rings is 2. The van der Waals surface area contributed by atoms with Crippen LogP contribution in [0.15, 0.2) is 53.5 Å². The Morgan fingerprint density at radius 3 is 2.44 bits per heavy atom. The number of nitrogens with one attached hydrogen (secondary N) is 1. The zero-order chi connectivity index (χ0) is 28.7. The van der Waals surface area contributed by atoms with Crippen LogP contribution in [0.25, 0.3) is 0 Å². The fourth-order valence-corrected chi connectivity index (χ4v) is 3.89. The molecule has 0 aliphatic carbocycles. The standard InChI is InChI=1S/C28H33F3N2O6/c1-26(2,3)39-23(35)13-14-27(25(36)32-17-20-7-4-5-8-22(20)28(29,30)31)18-38-24(33-27)19-9-11-21(12-10-19)37-16-6-15-34/h4-5,7-12,34H,6,13-18H2,1-3H3,(H,32,36)/t27-/m1/s1. The molecular formula is C28H33F3N2O6. The van der Waals surface area contributed by atoms with E-state index in [2.05, 4.69) is 10.3 Å². The summed E-state index contributed by atoms with van der Waals surface area (Å²) in [5, 5.41) is 11.4. The van der Waals surface area contributed by atoms with Gasteiger partial charge < -0.3 is 24.6 Å². The second kappa shape index (κ2) is 12.5. The number of halogens is 3. The van der Waals surface area contributed by atoms with Crippen molar-refractivity contribution in [1.82, 2.24) is 5.32 Å². The molecule has 1 aliphatic rings. The number of amides is 1. The molecule has 212 valence electrons. The number of carbonyl (C=O) groups excluding carboxylic acids is 2. The van der Waals surface area contributed by atoms with Crippen molar-refractivity contribution >= 4 is 17.8 Å². The van der Waals surface area contributed by atoms with Gasteiger partial charge in [-0.05, 0) is 63.1 Å². The van der Waals surface area contributed by atoms with Crippen LogP contribution in [0.5, 0.6) is 5.75 Å². The Labute approximate surface area is 225 Å². The largest absolute Gasteiger partial charge is 0.494 e. The van der Waals surface area contributed by atoms with Crippen molar-refractivity contribution in [3.63, 3.8) is 0 Å². The summed E-state index contributed by atoms with van der Waals surface area (Å²) in [5.74, 6) is -0.470. The second-order valence-electron chi connectivity index (χ2n) is 10.1. The Hall–Kier alpha value is -3.60. The molecule has 0 saturated carbocycles.